The van der Waals surface area contributed by atoms with Gasteiger partial charge < -0.3 is 4.74 Å². The van der Waals surface area contributed by atoms with E-state index in [0.29, 0.717) is 10.6 Å². The third-order valence-corrected chi connectivity index (χ3v) is 3.06. The summed E-state index contributed by atoms with van der Waals surface area (Å²) >= 11 is 5.81. The normalized spacial score (nSPS) is 11.8. The van der Waals surface area contributed by atoms with Crippen molar-refractivity contribution in [2.45, 2.75) is 13.0 Å². The highest BCUT2D eigenvalue weighted by Crippen LogP contribution is 2.14. The smallest absolute Gasteiger partial charge is 0.338 e. The number of ketones is 1. The molecule has 0 radical (unpaired) electrons. The van der Waals surface area contributed by atoms with Crippen LogP contribution in [0.25, 0.3) is 0 Å². The lowest BCUT2D eigenvalue weighted by atomic mass is 10.1. The molecular formula is C16H12ClFO3. The van der Waals surface area contributed by atoms with Gasteiger partial charge in [-0.2, -0.15) is 0 Å². The average molecular weight is 307 g/mol. The molecule has 5 heteroatoms. The van der Waals surface area contributed by atoms with Crippen molar-refractivity contribution in [2.75, 3.05) is 0 Å². The number of carbonyl (C=O) groups excluding carboxylic acids is 2. The van der Waals surface area contributed by atoms with Crippen LogP contribution < -0.4 is 0 Å². The zero-order chi connectivity index (χ0) is 15.4. The first-order valence-corrected chi connectivity index (χ1v) is 6.61. The minimum Gasteiger partial charge on any atom is -0.451 e. The van der Waals surface area contributed by atoms with Crippen molar-refractivity contribution in [3.8, 4) is 0 Å². The number of Topliss-reactive ketones (excluding diaryl/α,β-unsaturated/α-hetero) is 1. The zero-order valence-electron chi connectivity index (χ0n) is 11.2. The third-order valence-electron chi connectivity index (χ3n) is 2.82. The molecule has 2 aromatic carbocycles. The van der Waals surface area contributed by atoms with E-state index in [0.717, 1.165) is 6.07 Å². The summed E-state index contributed by atoms with van der Waals surface area (Å²) in [6.45, 7) is 1.46. The molecule has 0 amide bonds. The van der Waals surface area contributed by atoms with E-state index in [1.165, 1.54) is 31.2 Å². The van der Waals surface area contributed by atoms with Crippen LogP contribution in [0.5, 0.6) is 0 Å². The molecular weight excluding hydrogens is 295 g/mol. The second-order valence-electron chi connectivity index (χ2n) is 4.43. The molecule has 2 rings (SSSR count). The molecule has 2 aromatic rings. The van der Waals surface area contributed by atoms with Gasteiger partial charge in [0.05, 0.1) is 5.56 Å². The number of benzene rings is 2. The van der Waals surface area contributed by atoms with Crippen LogP contribution in [0.15, 0.2) is 48.5 Å². The van der Waals surface area contributed by atoms with E-state index >= 15 is 0 Å². The molecule has 0 saturated carbocycles. The maximum absolute atomic E-state index is 13.0. The van der Waals surface area contributed by atoms with Crippen LogP contribution in [0.3, 0.4) is 0 Å². The van der Waals surface area contributed by atoms with E-state index in [4.69, 9.17) is 16.3 Å². The van der Waals surface area contributed by atoms with Crippen LogP contribution in [-0.4, -0.2) is 17.9 Å². The molecule has 1 unspecified atom stereocenters. The third kappa shape index (κ3) is 3.89. The van der Waals surface area contributed by atoms with E-state index in [2.05, 4.69) is 0 Å². The largest absolute Gasteiger partial charge is 0.451 e. The van der Waals surface area contributed by atoms with Gasteiger partial charge in [0.15, 0.2) is 6.10 Å². The van der Waals surface area contributed by atoms with Crippen molar-refractivity contribution in [3.63, 3.8) is 0 Å². The van der Waals surface area contributed by atoms with Gasteiger partial charge in [-0.15, -0.1) is 0 Å². The molecule has 0 heterocycles. The molecule has 0 bridgehead atoms. The number of hydrogen-bond donors (Lipinski definition) is 0. The Morgan fingerprint density at radius 2 is 1.76 bits per heavy atom. The molecule has 21 heavy (non-hydrogen) atoms. The summed E-state index contributed by atoms with van der Waals surface area (Å²) < 4.78 is 18.1. The fourth-order valence-corrected chi connectivity index (χ4v) is 1.96. The summed E-state index contributed by atoms with van der Waals surface area (Å²) in [5.41, 5.74) is 0.405. The van der Waals surface area contributed by atoms with Gasteiger partial charge in [0, 0.05) is 10.6 Å². The standard InChI is InChI=1S/C16H12ClFO3/c1-10(15(19)11-4-2-6-13(17)8-11)21-16(20)12-5-3-7-14(18)9-12/h2-10H,1H3. The van der Waals surface area contributed by atoms with Crippen molar-refractivity contribution in [1.82, 2.24) is 0 Å². The van der Waals surface area contributed by atoms with Crippen LogP contribution >= 0.6 is 11.6 Å². The molecule has 0 aromatic heterocycles. The van der Waals surface area contributed by atoms with Crippen LogP contribution in [0, 0.1) is 5.82 Å². The van der Waals surface area contributed by atoms with Gasteiger partial charge in [-0.1, -0.05) is 29.8 Å². The van der Waals surface area contributed by atoms with Crippen LogP contribution in [0.2, 0.25) is 5.02 Å². The van der Waals surface area contributed by atoms with Crippen molar-refractivity contribution >= 4 is 23.4 Å². The molecule has 0 saturated heterocycles. The minimum atomic E-state index is -0.987. The number of esters is 1. The van der Waals surface area contributed by atoms with Gasteiger partial charge in [-0.25, -0.2) is 9.18 Å². The second kappa shape index (κ2) is 6.50. The lowest BCUT2D eigenvalue weighted by Crippen LogP contribution is -2.24. The molecule has 108 valence electrons. The number of hydrogen-bond acceptors (Lipinski definition) is 3. The maximum atomic E-state index is 13.0. The quantitative estimate of drug-likeness (QED) is 0.635. The van der Waals surface area contributed by atoms with Gasteiger partial charge in [0.25, 0.3) is 0 Å². The maximum Gasteiger partial charge on any atom is 0.338 e. The zero-order valence-corrected chi connectivity index (χ0v) is 11.9. The first-order valence-electron chi connectivity index (χ1n) is 6.23. The minimum absolute atomic E-state index is 0.0562. The molecule has 0 aliphatic heterocycles. The number of carbonyl (C=O) groups is 2. The lowest BCUT2D eigenvalue weighted by molar-refractivity contribution is 0.0318. The van der Waals surface area contributed by atoms with Crippen LogP contribution in [0.1, 0.15) is 27.6 Å². The molecule has 0 aliphatic rings. The Bertz CT molecular complexity index is 685. The Balaban J connectivity index is 2.09. The van der Waals surface area contributed by atoms with Gasteiger partial charge in [0.2, 0.25) is 5.78 Å². The summed E-state index contributed by atoms with van der Waals surface area (Å²) in [7, 11) is 0. The Kier molecular flexibility index (Phi) is 4.70. The number of halogens is 2. The topological polar surface area (TPSA) is 43.4 Å². The van der Waals surface area contributed by atoms with E-state index in [9.17, 15) is 14.0 Å². The first kappa shape index (κ1) is 15.2. The first-order chi connectivity index (χ1) is 9.97. The lowest BCUT2D eigenvalue weighted by Gasteiger charge is -2.12. The molecule has 0 aliphatic carbocycles. The van der Waals surface area contributed by atoms with Gasteiger partial charge in [0.1, 0.15) is 5.82 Å². The summed E-state index contributed by atoms with van der Waals surface area (Å²) in [4.78, 5) is 24.0. The highest BCUT2D eigenvalue weighted by molar-refractivity contribution is 6.31. The summed E-state index contributed by atoms with van der Waals surface area (Å²) in [5.74, 6) is -1.67. The monoisotopic (exact) mass is 306 g/mol. The van der Waals surface area contributed by atoms with E-state index in [1.54, 1.807) is 18.2 Å². The van der Waals surface area contributed by atoms with Crippen molar-refractivity contribution in [1.29, 1.82) is 0 Å². The van der Waals surface area contributed by atoms with Gasteiger partial charge >= 0.3 is 5.97 Å². The number of ether oxygens (including phenoxy) is 1. The molecule has 3 nitrogen and oxygen atoms in total. The fourth-order valence-electron chi connectivity index (χ4n) is 1.77. The van der Waals surface area contributed by atoms with Gasteiger partial charge in [-0.05, 0) is 37.3 Å². The Hall–Kier alpha value is -2.20. The van der Waals surface area contributed by atoms with Crippen LogP contribution in [0.4, 0.5) is 4.39 Å². The predicted octanol–water partition coefficient (Wildman–Crippen LogP) is 3.91. The van der Waals surface area contributed by atoms with Crippen LogP contribution in [-0.2, 0) is 4.74 Å². The Morgan fingerprint density at radius 1 is 1.10 bits per heavy atom. The highest BCUT2D eigenvalue weighted by Gasteiger charge is 2.20. The van der Waals surface area contributed by atoms with Crippen molar-refractivity contribution in [2.24, 2.45) is 0 Å². The Labute approximate surface area is 126 Å². The molecule has 0 N–H and O–H groups in total. The Morgan fingerprint density at radius 3 is 2.43 bits per heavy atom. The predicted molar refractivity (Wildman–Crippen MR) is 77.1 cm³/mol. The van der Waals surface area contributed by atoms with Crippen molar-refractivity contribution in [3.05, 3.63) is 70.5 Å². The fraction of sp³-hybridized carbons (Fsp3) is 0.125. The van der Waals surface area contributed by atoms with Gasteiger partial charge in [-0.3, -0.25) is 4.79 Å². The average Bonchev–Trinajstić information content (AvgIpc) is 2.46. The van der Waals surface area contributed by atoms with E-state index < -0.39 is 17.9 Å². The van der Waals surface area contributed by atoms with Crippen molar-refractivity contribution < 1.29 is 18.7 Å². The summed E-state index contributed by atoms with van der Waals surface area (Å²) in [6.07, 6.45) is -0.987. The second-order valence-corrected chi connectivity index (χ2v) is 4.87. The van der Waals surface area contributed by atoms with E-state index in [1.807, 2.05) is 0 Å². The molecule has 1 atom stereocenters. The summed E-state index contributed by atoms with van der Waals surface area (Å²) in [5, 5.41) is 0.421. The number of rotatable bonds is 4. The molecule has 0 spiro atoms. The molecule has 0 fully saturated rings. The van der Waals surface area contributed by atoms with E-state index in [-0.39, 0.29) is 11.3 Å². The highest BCUT2D eigenvalue weighted by atomic mass is 35.5. The SMILES string of the molecule is CC(OC(=O)c1cccc(F)c1)C(=O)c1cccc(Cl)c1. The summed E-state index contributed by atoms with van der Waals surface area (Å²) in [6, 6.07) is 11.4.